The Labute approximate surface area is 117 Å². The fourth-order valence-electron chi connectivity index (χ4n) is 2.19. The van der Waals surface area contributed by atoms with Gasteiger partial charge in [-0.15, -0.1) is 0 Å². The van der Waals surface area contributed by atoms with E-state index in [4.69, 9.17) is 0 Å². The van der Waals surface area contributed by atoms with E-state index in [0.29, 0.717) is 0 Å². The van der Waals surface area contributed by atoms with Gasteiger partial charge in [0.05, 0.1) is 6.33 Å². The quantitative estimate of drug-likeness (QED) is 0.746. The van der Waals surface area contributed by atoms with Crippen molar-refractivity contribution in [1.29, 1.82) is 0 Å². The number of rotatable bonds is 5. The largest absolute Gasteiger partial charge is 0.364 e. The summed E-state index contributed by atoms with van der Waals surface area (Å²) >= 11 is 0. The van der Waals surface area contributed by atoms with Crippen LogP contribution in [0.5, 0.6) is 0 Å². The van der Waals surface area contributed by atoms with Gasteiger partial charge in [-0.25, -0.2) is 15.0 Å². The monoisotopic (exact) mass is 267 g/mol. The number of aryl methyl sites for hydroxylation is 1. The van der Waals surface area contributed by atoms with Gasteiger partial charge in [0.1, 0.15) is 11.8 Å². The molecule has 3 rings (SSSR count). The molecule has 102 valence electrons. The molecular formula is C15H17N5. The highest BCUT2D eigenvalue weighted by atomic mass is 15.1. The number of H-pyrrole nitrogens is 1. The van der Waals surface area contributed by atoms with Crippen LogP contribution in [-0.4, -0.2) is 19.9 Å². The number of nitrogens with one attached hydrogen (secondary N) is 2. The standard InChI is InChI=1S/C15H17N5/c1-2-3-11-4-6-12(7-5-11)8-16-14-13-15(18-9-17-13)20-10-19-14/h4-7,9-10H,2-3,8H2,1H3,(H2,16,17,18,19,20). The Morgan fingerprint density at radius 2 is 1.85 bits per heavy atom. The van der Waals surface area contributed by atoms with Gasteiger partial charge in [0, 0.05) is 6.54 Å². The van der Waals surface area contributed by atoms with Crippen LogP contribution in [0.2, 0.25) is 0 Å². The zero-order valence-corrected chi connectivity index (χ0v) is 11.4. The summed E-state index contributed by atoms with van der Waals surface area (Å²) < 4.78 is 0. The molecule has 0 bridgehead atoms. The van der Waals surface area contributed by atoms with E-state index >= 15 is 0 Å². The Morgan fingerprint density at radius 3 is 2.65 bits per heavy atom. The molecule has 2 aromatic heterocycles. The number of aromatic amines is 1. The van der Waals surface area contributed by atoms with Crippen LogP contribution < -0.4 is 5.32 Å². The normalized spacial score (nSPS) is 10.8. The van der Waals surface area contributed by atoms with E-state index in [2.05, 4.69) is 56.4 Å². The first-order valence-electron chi connectivity index (χ1n) is 6.82. The third-order valence-electron chi connectivity index (χ3n) is 3.24. The number of fused-ring (bicyclic) bond motifs is 1. The van der Waals surface area contributed by atoms with Gasteiger partial charge in [-0.2, -0.15) is 0 Å². The molecule has 0 aliphatic rings. The van der Waals surface area contributed by atoms with Gasteiger partial charge in [0.2, 0.25) is 0 Å². The SMILES string of the molecule is CCCc1ccc(CNc2ncnc3[nH]cnc23)cc1. The van der Waals surface area contributed by atoms with E-state index in [1.807, 2.05) is 0 Å². The highest BCUT2D eigenvalue weighted by Crippen LogP contribution is 2.15. The maximum absolute atomic E-state index is 4.24. The number of hydrogen-bond donors (Lipinski definition) is 2. The maximum Gasteiger partial charge on any atom is 0.162 e. The van der Waals surface area contributed by atoms with Crippen molar-refractivity contribution >= 4 is 17.0 Å². The fourth-order valence-corrected chi connectivity index (χ4v) is 2.19. The zero-order valence-electron chi connectivity index (χ0n) is 11.4. The molecule has 0 atom stereocenters. The van der Waals surface area contributed by atoms with Gasteiger partial charge in [-0.1, -0.05) is 37.6 Å². The van der Waals surface area contributed by atoms with Crippen LogP contribution in [0.15, 0.2) is 36.9 Å². The molecule has 1 aromatic carbocycles. The van der Waals surface area contributed by atoms with Crippen LogP contribution in [0.4, 0.5) is 5.82 Å². The molecule has 0 amide bonds. The first-order valence-corrected chi connectivity index (χ1v) is 6.82. The lowest BCUT2D eigenvalue weighted by atomic mass is 10.1. The van der Waals surface area contributed by atoms with Crippen molar-refractivity contribution in [2.75, 3.05) is 5.32 Å². The molecule has 0 saturated heterocycles. The minimum Gasteiger partial charge on any atom is -0.364 e. The third kappa shape index (κ3) is 2.61. The predicted octanol–water partition coefficient (Wildman–Crippen LogP) is 2.92. The lowest BCUT2D eigenvalue weighted by molar-refractivity contribution is 0.920. The first kappa shape index (κ1) is 12.6. The molecule has 3 aromatic rings. The van der Waals surface area contributed by atoms with Gasteiger partial charge < -0.3 is 10.3 Å². The van der Waals surface area contributed by atoms with Crippen LogP contribution in [0.25, 0.3) is 11.2 Å². The Morgan fingerprint density at radius 1 is 1.05 bits per heavy atom. The van der Waals surface area contributed by atoms with Crippen molar-refractivity contribution in [2.45, 2.75) is 26.3 Å². The molecule has 0 fully saturated rings. The molecular weight excluding hydrogens is 250 g/mol. The molecule has 5 heteroatoms. The Kier molecular flexibility index (Phi) is 3.58. The Balaban J connectivity index is 1.71. The second-order valence-electron chi connectivity index (χ2n) is 4.74. The minimum absolute atomic E-state index is 0.728. The summed E-state index contributed by atoms with van der Waals surface area (Å²) in [7, 11) is 0. The lowest BCUT2D eigenvalue weighted by Gasteiger charge is -2.06. The van der Waals surface area contributed by atoms with Crippen LogP contribution >= 0.6 is 0 Å². The number of imidazole rings is 1. The summed E-state index contributed by atoms with van der Waals surface area (Å²) in [5.74, 6) is 0.758. The van der Waals surface area contributed by atoms with Gasteiger partial charge >= 0.3 is 0 Å². The maximum atomic E-state index is 4.24. The Bertz CT molecular complexity index is 687. The average molecular weight is 267 g/mol. The average Bonchev–Trinajstić information content (AvgIpc) is 2.96. The molecule has 0 aliphatic carbocycles. The molecule has 2 N–H and O–H groups in total. The van der Waals surface area contributed by atoms with Gasteiger partial charge in [-0.05, 0) is 17.5 Å². The van der Waals surface area contributed by atoms with E-state index in [0.717, 1.165) is 29.9 Å². The van der Waals surface area contributed by atoms with Crippen LogP contribution in [0.3, 0.4) is 0 Å². The molecule has 0 saturated carbocycles. The second-order valence-corrected chi connectivity index (χ2v) is 4.74. The Hall–Kier alpha value is -2.43. The lowest BCUT2D eigenvalue weighted by Crippen LogP contribution is -2.02. The van der Waals surface area contributed by atoms with Crippen LogP contribution in [-0.2, 0) is 13.0 Å². The van der Waals surface area contributed by atoms with E-state index in [1.54, 1.807) is 6.33 Å². The van der Waals surface area contributed by atoms with E-state index in [9.17, 15) is 0 Å². The fraction of sp³-hybridized carbons (Fsp3) is 0.267. The number of hydrogen-bond acceptors (Lipinski definition) is 4. The summed E-state index contributed by atoms with van der Waals surface area (Å²) in [5.41, 5.74) is 4.14. The topological polar surface area (TPSA) is 66.5 Å². The van der Waals surface area contributed by atoms with Crippen molar-refractivity contribution in [2.24, 2.45) is 0 Å². The number of nitrogens with zero attached hydrogens (tertiary/aromatic N) is 3. The zero-order chi connectivity index (χ0) is 13.8. The molecule has 20 heavy (non-hydrogen) atoms. The molecule has 2 heterocycles. The summed E-state index contributed by atoms with van der Waals surface area (Å²) in [6.45, 7) is 2.92. The van der Waals surface area contributed by atoms with Crippen molar-refractivity contribution in [3.05, 3.63) is 48.0 Å². The van der Waals surface area contributed by atoms with Crippen molar-refractivity contribution in [3.8, 4) is 0 Å². The summed E-state index contributed by atoms with van der Waals surface area (Å²) in [4.78, 5) is 15.6. The van der Waals surface area contributed by atoms with Crippen LogP contribution in [0, 0.1) is 0 Å². The highest BCUT2D eigenvalue weighted by Gasteiger charge is 2.05. The summed E-state index contributed by atoms with van der Waals surface area (Å²) in [6, 6.07) is 8.68. The predicted molar refractivity (Wildman–Crippen MR) is 79.4 cm³/mol. The molecule has 0 aliphatic heterocycles. The van der Waals surface area contributed by atoms with Gasteiger partial charge in [0.15, 0.2) is 11.5 Å². The van der Waals surface area contributed by atoms with Crippen molar-refractivity contribution < 1.29 is 0 Å². The molecule has 0 spiro atoms. The molecule has 5 nitrogen and oxygen atoms in total. The summed E-state index contributed by atoms with van der Waals surface area (Å²) in [5, 5.41) is 3.31. The third-order valence-corrected chi connectivity index (χ3v) is 3.24. The minimum atomic E-state index is 0.728. The summed E-state index contributed by atoms with van der Waals surface area (Å²) in [6.07, 6.45) is 5.47. The smallest absolute Gasteiger partial charge is 0.162 e. The first-order chi connectivity index (χ1) is 9.86. The molecule has 0 radical (unpaired) electrons. The number of anilines is 1. The van der Waals surface area contributed by atoms with Gasteiger partial charge in [-0.3, -0.25) is 0 Å². The highest BCUT2D eigenvalue weighted by molar-refractivity contribution is 5.81. The van der Waals surface area contributed by atoms with Gasteiger partial charge in [0.25, 0.3) is 0 Å². The molecule has 0 unspecified atom stereocenters. The number of benzene rings is 1. The van der Waals surface area contributed by atoms with E-state index in [-0.39, 0.29) is 0 Å². The van der Waals surface area contributed by atoms with E-state index < -0.39 is 0 Å². The van der Waals surface area contributed by atoms with Crippen molar-refractivity contribution in [3.63, 3.8) is 0 Å². The van der Waals surface area contributed by atoms with E-state index in [1.165, 1.54) is 23.9 Å². The second kappa shape index (κ2) is 5.69. The van der Waals surface area contributed by atoms with Crippen molar-refractivity contribution in [1.82, 2.24) is 19.9 Å². The van der Waals surface area contributed by atoms with Crippen LogP contribution in [0.1, 0.15) is 24.5 Å². The number of aromatic nitrogens is 4.